The Labute approximate surface area is 103 Å². The number of hydrogen-bond donors (Lipinski definition) is 1. The van der Waals surface area contributed by atoms with Crippen molar-refractivity contribution in [2.45, 2.75) is 13.0 Å². The number of benzene rings is 1. The molecule has 2 aromatic rings. The van der Waals surface area contributed by atoms with Crippen LogP contribution in [0.4, 0.5) is 0 Å². The van der Waals surface area contributed by atoms with E-state index < -0.39 is 12.0 Å². The minimum Gasteiger partial charge on any atom is -0.480 e. The highest BCUT2D eigenvalue weighted by Crippen LogP contribution is 2.08. The smallest absolute Gasteiger partial charge is 0.326 e. The molecule has 0 amide bonds. The second-order valence-corrected chi connectivity index (χ2v) is 3.49. The van der Waals surface area contributed by atoms with Crippen LogP contribution in [0.1, 0.15) is 13.0 Å². The molecule has 0 saturated heterocycles. The largest absolute Gasteiger partial charge is 0.480 e. The van der Waals surface area contributed by atoms with E-state index in [0.717, 1.165) is 4.57 Å². The van der Waals surface area contributed by atoms with Crippen molar-refractivity contribution in [3.05, 3.63) is 40.9 Å². The Hall–Kier alpha value is -1.88. The highest BCUT2D eigenvalue weighted by Gasteiger charge is 2.15. The molecule has 6 heteroatoms. The molecule has 0 aliphatic heterocycles. The first kappa shape index (κ1) is 13.2. The highest BCUT2D eigenvalue weighted by atomic mass is 35.5. The van der Waals surface area contributed by atoms with Crippen LogP contribution >= 0.6 is 12.4 Å². The van der Waals surface area contributed by atoms with E-state index >= 15 is 0 Å². The zero-order valence-electron chi connectivity index (χ0n) is 9.03. The molecule has 0 fully saturated rings. The van der Waals surface area contributed by atoms with Crippen molar-refractivity contribution in [1.82, 2.24) is 9.55 Å². The molecule has 2 rings (SSSR count). The van der Waals surface area contributed by atoms with E-state index in [-0.39, 0.29) is 18.0 Å². The van der Waals surface area contributed by atoms with Gasteiger partial charge in [-0.2, -0.15) is 0 Å². The van der Waals surface area contributed by atoms with Crippen LogP contribution in [-0.4, -0.2) is 20.6 Å². The monoisotopic (exact) mass is 254 g/mol. The second kappa shape index (κ2) is 4.97. The van der Waals surface area contributed by atoms with Crippen molar-refractivity contribution in [2.75, 3.05) is 0 Å². The summed E-state index contributed by atoms with van der Waals surface area (Å²) in [6.45, 7) is 1.44. The first-order valence-corrected chi connectivity index (χ1v) is 4.80. The maximum absolute atomic E-state index is 11.9. The van der Waals surface area contributed by atoms with Crippen molar-refractivity contribution in [1.29, 1.82) is 0 Å². The lowest BCUT2D eigenvalue weighted by atomic mass is 10.2. The van der Waals surface area contributed by atoms with Gasteiger partial charge in [0.1, 0.15) is 6.04 Å². The summed E-state index contributed by atoms with van der Waals surface area (Å²) in [7, 11) is 0. The van der Waals surface area contributed by atoms with Gasteiger partial charge in [-0.15, -0.1) is 12.4 Å². The van der Waals surface area contributed by atoms with Crippen LogP contribution in [0.3, 0.4) is 0 Å². The van der Waals surface area contributed by atoms with Crippen LogP contribution in [0.15, 0.2) is 35.4 Å². The number of fused-ring (bicyclic) bond motifs is 1. The van der Waals surface area contributed by atoms with Gasteiger partial charge < -0.3 is 5.11 Å². The summed E-state index contributed by atoms with van der Waals surface area (Å²) in [5, 5.41) is 9.27. The Morgan fingerprint density at radius 3 is 2.71 bits per heavy atom. The van der Waals surface area contributed by atoms with Crippen molar-refractivity contribution in [3.8, 4) is 0 Å². The van der Waals surface area contributed by atoms with Gasteiger partial charge in [0.25, 0.3) is 5.56 Å². The summed E-state index contributed by atoms with van der Waals surface area (Å²) in [6, 6.07) is 5.94. The fraction of sp³-hybridized carbons (Fsp3) is 0.182. The third-order valence-corrected chi connectivity index (χ3v) is 2.46. The lowest BCUT2D eigenvalue weighted by molar-refractivity contribution is -0.140. The molecule has 1 aromatic heterocycles. The van der Waals surface area contributed by atoms with Crippen LogP contribution in [0.5, 0.6) is 0 Å². The topological polar surface area (TPSA) is 72.2 Å². The standard InChI is InChI=1S/C11H10N2O3.ClH/c1-7(11(15)16)13-6-12-9-5-3-2-4-8(9)10(13)14;/h2-7H,1H3,(H,15,16);1H. The molecule has 0 radical (unpaired) electrons. The molecule has 1 unspecified atom stereocenters. The minimum atomic E-state index is -1.06. The first-order valence-electron chi connectivity index (χ1n) is 4.80. The van der Waals surface area contributed by atoms with Gasteiger partial charge in [-0.1, -0.05) is 12.1 Å². The SMILES string of the molecule is CC(C(=O)O)n1cnc2ccccc2c1=O.Cl. The average molecular weight is 255 g/mol. The van der Waals surface area contributed by atoms with Crippen LogP contribution in [0.2, 0.25) is 0 Å². The zero-order chi connectivity index (χ0) is 11.7. The Morgan fingerprint density at radius 2 is 2.06 bits per heavy atom. The number of aliphatic carboxylic acids is 1. The zero-order valence-corrected chi connectivity index (χ0v) is 9.85. The first-order chi connectivity index (χ1) is 7.61. The van der Waals surface area contributed by atoms with Crippen molar-refractivity contribution >= 4 is 29.3 Å². The Kier molecular flexibility index (Phi) is 3.85. The molecule has 0 aliphatic rings. The molecule has 1 aromatic carbocycles. The Balaban J connectivity index is 0.00000144. The van der Waals surface area contributed by atoms with Crippen LogP contribution in [-0.2, 0) is 4.79 Å². The average Bonchev–Trinajstić information content (AvgIpc) is 2.29. The number of carboxylic acids is 1. The minimum absolute atomic E-state index is 0. The molecule has 1 N–H and O–H groups in total. The van der Waals surface area contributed by atoms with Gasteiger partial charge in [-0.3, -0.25) is 9.36 Å². The van der Waals surface area contributed by atoms with Gasteiger partial charge in [-0.25, -0.2) is 9.78 Å². The van der Waals surface area contributed by atoms with E-state index in [9.17, 15) is 9.59 Å². The molecule has 0 aliphatic carbocycles. The van der Waals surface area contributed by atoms with E-state index in [0.29, 0.717) is 10.9 Å². The van der Waals surface area contributed by atoms with Crippen LogP contribution in [0, 0.1) is 0 Å². The number of para-hydroxylation sites is 1. The third-order valence-electron chi connectivity index (χ3n) is 2.46. The lowest BCUT2D eigenvalue weighted by Crippen LogP contribution is -2.28. The van der Waals surface area contributed by atoms with Crippen molar-refractivity contribution in [2.24, 2.45) is 0 Å². The van der Waals surface area contributed by atoms with Gasteiger partial charge in [0.05, 0.1) is 17.2 Å². The van der Waals surface area contributed by atoms with Gasteiger partial charge in [-0.05, 0) is 19.1 Å². The fourth-order valence-corrected chi connectivity index (χ4v) is 1.48. The van der Waals surface area contributed by atoms with Crippen molar-refractivity contribution in [3.63, 3.8) is 0 Å². The quantitative estimate of drug-likeness (QED) is 0.881. The summed E-state index contributed by atoms with van der Waals surface area (Å²) in [6.07, 6.45) is 1.27. The van der Waals surface area contributed by atoms with Crippen LogP contribution in [0.25, 0.3) is 10.9 Å². The number of aromatic nitrogens is 2. The van der Waals surface area contributed by atoms with E-state index in [1.54, 1.807) is 24.3 Å². The molecule has 17 heavy (non-hydrogen) atoms. The number of rotatable bonds is 2. The predicted molar refractivity (Wildman–Crippen MR) is 65.6 cm³/mol. The Bertz CT molecular complexity index is 609. The van der Waals surface area contributed by atoms with Gasteiger partial charge in [0.15, 0.2) is 0 Å². The number of carboxylic acid groups (broad SMARTS) is 1. The van der Waals surface area contributed by atoms with E-state index in [4.69, 9.17) is 5.11 Å². The van der Waals surface area contributed by atoms with E-state index in [2.05, 4.69) is 4.98 Å². The molecule has 0 saturated carbocycles. The lowest BCUT2D eigenvalue weighted by Gasteiger charge is -2.10. The molecule has 0 spiro atoms. The highest BCUT2D eigenvalue weighted by molar-refractivity contribution is 5.85. The molecule has 1 atom stereocenters. The third kappa shape index (κ3) is 2.29. The molecule has 1 heterocycles. The molecular formula is C11H11ClN2O3. The number of halogens is 1. The second-order valence-electron chi connectivity index (χ2n) is 3.49. The van der Waals surface area contributed by atoms with E-state index in [1.165, 1.54) is 13.3 Å². The summed E-state index contributed by atoms with van der Waals surface area (Å²) in [4.78, 5) is 26.8. The van der Waals surface area contributed by atoms with Crippen LogP contribution < -0.4 is 5.56 Å². The maximum Gasteiger partial charge on any atom is 0.326 e. The summed E-state index contributed by atoms with van der Waals surface area (Å²) >= 11 is 0. The number of hydrogen-bond acceptors (Lipinski definition) is 3. The molecule has 90 valence electrons. The predicted octanol–water partition coefficient (Wildman–Crippen LogP) is 1.46. The Morgan fingerprint density at radius 1 is 1.41 bits per heavy atom. The molecule has 5 nitrogen and oxygen atoms in total. The molecule has 0 bridgehead atoms. The number of nitrogens with zero attached hydrogens (tertiary/aromatic N) is 2. The van der Waals surface area contributed by atoms with Gasteiger partial charge in [0.2, 0.25) is 0 Å². The number of carbonyl (C=O) groups is 1. The van der Waals surface area contributed by atoms with Crippen molar-refractivity contribution < 1.29 is 9.90 Å². The van der Waals surface area contributed by atoms with Gasteiger partial charge >= 0.3 is 5.97 Å². The van der Waals surface area contributed by atoms with E-state index in [1.807, 2.05) is 0 Å². The van der Waals surface area contributed by atoms with Gasteiger partial charge in [0, 0.05) is 0 Å². The summed E-state index contributed by atoms with van der Waals surface area (Å²) < 4.78 is 1.12. The summed E-state index contributed by atoms with van der Waals surface area (Å²) in [5.41, 5.74) is 0.238. The fourth-order valence-electron chi connectivity index (χ4n) is 1.48. The molecular weight excluding hydrogens is 244 g/mol. The summed E-state index contributed by atoms with van der Waals surface area (Å²) in [5.74, 6) is -1.06. The maximum atomic E-state index is 11.9. The normalized spacial score (nSPS) is 11.8.